The van der Waals surface area contributed by atoms with Gasteiger partial charge in [0.25, 0.3) is 0 Å². The lowest BCUT2D eigenvalue weighted by Crippen LogP contribution is -2.10. The molecule has 0 saturated carbocycles. The van der Waals surface area contributed by atoms with Gasteiger partial charge >= 0.3 is 26.4 Å². The molecule has 0 bridgehead atoms. The number of alkyl halides is 8. The fraction of sp³-hybridized carbons (Fsp3) is 0.250. The summed E-state index contributed by atoms with van der Waals surface area (Å²) in [5.41, 5.74) is 8.60. The highest BCUT2D eigenvalue weighted by Gasteiger charge is 2.23. The number of hydrogen-bond acceptors (Lipinski definition) is 6. The van der Waals surface area contributed by atoms with Gasteiger partial charge < -0.3 is 30.4 Å². The van der Waals surface area contributed by atoms with E-state index in [4.69, 9.17) is 11.5 Å². The van der Waals surface area contributed by atoms with Gasteiger partial charge in [0.2, 0.25) is 0 Å². The third-order valence-corrected chi connectivity index (χ3v) is 3.38. The predicted molar refractivity (Wildman–Crippen MR) is 87.2 cm³/mol. The van der Waals surface area contributed by atoms with Gasteiger partial charge in [0.05, 0.1) is 11.4 Å². The molecule has 0 atom stereocenters. The quantitative estimate of drug-likeness (QED) is 0.418. The van der Waals surface area contributed by atoms with Crippen LogP contribution < -0.4 is 30.4 Å². The summed E-state index contributed by atoms with van der Waals surface area (Å²) in [4.78, 5) is 0. The maximum Gasteiger partial charge on any atom is 0.387 e. The smallest absolute Gasteiger partial charge is 0.387 e. The molecule has 0 aliphatic heterocycles. The second-order valence-corrected chi connectivity index (χ2v) is 5.29. The molecule has 2 rings (SSSR count). The van der Waals surface area contributed by atoms with Crippen LogP contribution in [-0.4, -0.2) is 26.4 Å². The van der Waals surface area contributed by atoms with Crippen LogP contribution >= 0.6 is 0 Å². The SMILES string of the molecule is Nc1cc(OC(F)F)c(-c2cc(OC(F)F)c(N)cc2OC(F)F)cc1OC(F)F. The highest BCUT2D eigenvalue weighted by atomic mass is 19.3. The fourth-order valence-electron chi connectivity index (χ4n) is 2.36. The summed E-state index contributed by atoms with van der Waals surface area (Å²) in [6.07, 6.45) is 0. The third-order valence-electron chi connectivity index (χ3n) is 3.38. The first-order chi connectivity index (χ1) is 14.0. The summed E-state index contributed by atoms with van der Waals surface area (Å²) < 4.78 is 118. The molecule has 0 aliphatic carbocycles. The van der Waals surface area contributed by atoms with Crippen LogP contribution in [0.5, 0.6) is 23.0 Å². The Balaban J connectivity index is 2.76. The number of halogens is 8. The highest BCUT2D eigenvalue weighted by molar-refractivity contribution is 5.83. The summed E-state index contributed by atoms with van der Waals surface area (Å²) in [5.74, 6) is -3.04. The second-order valence-electron chi connectivity index (χ2n) is 5.29. The lowest BCUT2D eigenvalue weighted by atomic mass is 10.0. The van der Waals surface area contributed by atoms with E-state index in [-0.39, 0.29) is 0 Å². The molecule has 0 spiro atoms. The summed E-state index contributed by atoms with van der Waals surface area (Å²) in [6, 6.07) is 2.59. The van der Waals surface area contributed by atoms with Crippen molar-refractivity contribution < 1.29 is 54.1 Å². The molecule has 14 heteroatoms. The van der Waals surface area contributed by atoms with Crippen LogP contribution in [0.25, 0.3) is 11.1 Å². The Labute approximate surface area is 162 Å². The number of benzene rings is 2. The highest BCUT2D eigenvalue weighted by Crippen LogP contribution is 2.46. The number of hydrogen-bond donors (Lipinski definition) is 2. The molecule has 0 unspecified atom stereocenters. The molecule has 0 aliphatic rings. The van der Waals surface area contributed by atoms with E-state index >= 15 is 0 Å². The molecule has 30 heavy (non-hydrogen) atoms. The number of nitrogens with two attached hydrogens (primary N) is 2. The lowest BCUT2D eigenvalue weighted by Gasteiger charge is -2.19. The first-order valence-corrected chi connectivity index (χ1v) is 7.64. The molecule has 166 valence electrons. The molecule has 4 N–H and O–H groups in total. The molecule has 2 aromatic carbocycles. The van der Waals surface area contributed by atoms with Crippen LogP contribution in [0.2, 0.25) is 0 Å². The van der Waals surface area contributed by atoms with E-state index in [1.165, 1.54) is 0 Å². The van der Waals surface area contributed by atoms with Crippen LogP contribution in [0.1, 0.15) is 0 Å². The Hall–Kier alpha value is -3.32. The largest absolute Gasteiger partial charge is 0.434 e. The molecule has 0 heterocycles. The van der Waals surface area contributed by atoms with Crippen molar-refractivity contribution >= 4 is 11.4 Å². The first kappa shape index (κ1) is 23.0. The van der Waals surface area contributed by atoms with Gasteiger partial charge in [-0.25, -0.2) is 0 Å². The molecule has 0 radical (unpaired) electrons. The van der Waals surface area contributed by atoms with E-state index in [0.29, 0.717) is 24.3 Å². The maximum atomic E-state index is 12.8. The normalized spacial score (nSPS) is 11.5. The van der Waals surface area contributed by atoms with Crippen LogP contribution in [-0.2, 0) is 0 Å². The molecule has 0 fully saturated rings. The zero-order valence-electron chi connectivity index (χ0n) is 14.4. The van der Waals surface area contributed by atoms with Crippen molar-refractivity contribution in [3.8, 4) is 34.1 Å². The summed E-state index contributed by atoms with van der Waals surface area (Å²) >= 11 is 0. The van der Waals surface area contributed by atoms with Crippen molar-refractivity contribution in [2.75, 3.05) is 11.5 Å². The van der Waals surface area contributed by atoms with Gasteiger partial charge in [0.1, 0.15) is 23.0 Å². The zero-order valence-corrected chi connectivity index (χ0v) is 14.4. The molecular weight excluding hydrogens is 436 g/mol. The summed E-state index contributed by atoms with van der Waals surface area (Å²) in [7, 11) is 0. The average Bonchev–Trinajstić information content (AvgIpc) is 2.58. The Morgan fingerprint density at radius 1 is 0.467 bits per heavy atom. The van der Waals surface area contributed by atoms with Gasteiger partial charge in [-0.1, -0.05) is 0 Å². The van der Waals surface area contributed by atoms with Crippen molar-refractivity contribution in [2.24, 2.45) is 0 Å². The van der Waals surface area contributed by atoms with E-state index in [2.05, 4.69) is 18.9 Å². The van der Waals surface area contributed by atoms with Gasteiger partial charge in [-0.15, -0.1) is 0 Å². The van der Waals surface area contributed by atoms with Crippen molar-refractivity contribution in [1.29, 1.82) is 0 Å². The van der Waals surface area contributed by atoms with Gasteiger partial charge in [-0.3, -0.25) is 0 Å². The van der Waals surface area contributed by atoms with Crippen LogP contribution in [0.3, 0.4) is 0 Å². The van der Waals surface area contributed by atoms with Gasteiger partial charge in [-0.05, 0) is 12.1 Å². The Morgan fingerprint density at radius 2 is 0.733 bits per heavy atom. The van der Waals surface area contributed by atoms with Crippen molar-refractivity contribution in [3.05, 3.63) is 24.3 Å². The van der Waals surface area contributed by atoms with E-state index < -0.39 is 71.9 Å². The van der Waals surface area contributed by atoms with Crippen LogP contribution in [0.4, 0.5) is 46.5 Å². The number of nitrogen functional groups attached to an aromatic ring is 2. The topological polar surface area (TPSA) is 89.0 Å². The molecular formula is C16H12F8N2O4. The van der Waals surface area contributed by atoms with Gasteiger partial charge in [0, 0.05) is 23.3 Å². The lowest BCUT2D eigenvalue weighted by molar-refractivity contribution is -0.0533. The Kier molecular flexibility index (Phi) is 7.24. The Morgan fingerprint density at radius 3 is 1.00 bits per heavy atom. The predicted octanol–water partition coefficient (Wildman–Crippen LogP) is 4.92. The first-order valence-electron chi connectivity index (χ1n) is 7.64. The second kappa shape index (κ2) is 9.45. The molecule has 2 aromatic rings. The molecule has 6 nitrogen and oxygen atoms in total. The third kappa shape index (κ3) is 5.84. The number of rotatable bonds is 9. The monoisotopic (exact) mass is 448 g/mol. The van der Waals surface area contributed by atoms with E-state index in [9.17, 15) is 35.1 Å². The average molecular weight is 448 g/mol. The minimum atomic E-state index is -3.45. The number of anilines is 2. The molecule has 0 saturated heterocycles. The van der Waals surface area contributed by atoms with Crippen molar-refractivity contribution in [3.63, 3.8) is 0 Å². The summed E-state index contributed by atoms with van der Waals surface area (Å²) in [5, 5.41) is 0. The van der Waals surface area contributed by atoms with E-state index in [1.54, 1.807) is 0 Å². The molecule has 0 aromatic heterocycles. The van der Waals surface area contributed by atoms with Crippen LogP contribution in [0, 0.1) is 0 Å². The fourth-order valence-corrected chi connectivity index (χ4v) is 2.36. The van der Waals surface area contributed by atoms with Gasteiger partial charge in [0.15, 0.2) is 0 Å². The Bertz CT molecular complexity index is 811. The van der Waals surface area contributed by atoms with Crippen molar-refractivity contribution in [2.45, 2.75) is 26.4 Å². The van der Waals surface area contributed by atoms with Crippen LogP contribution in [0.15, 0.2) is 24.3 Å². The number of ether oxygens (including phenoxy) is 4. The van der Waals surface area contributed by atoms with E-state index in [0.717, 1.165) is 0 Å². The van der Waals surface area contributed by atoms with Crippen molar-refractivity contribution in [1.82, 2.24) is 0 Å². The maximum absolute atomic E-state index is 12.8. The molecule has 0 amide bonds. The summed E-state index contributed by atoms with van der Waals surface area (Å²) in [6.45, 7) is -13.7. The standard InChI is InChI=1S/C16H12F8N2O4/c17-13(18)27-9-3-7(25)11(29-15(21)22)1-5(9)6-2-12(30-16(23)24)8(26)4-10(6)28-14(19)20/h1-4,13-16H,25-26H2. The van der Waals surface area contributed by atoms with Gasteiger partial charge in [-0.2, -0.15) is 35.1 Å². The minimum absolute atomic E-state index is 0.564. The minimum Gasteiger partial charge on any atom is -0.434 e. The zero-order chi connectivity index (χ0) is 22.6. The van der Waals surface area contributed by atoms with E-state index in [1.807, 2.05) is 0 Å².